The van der Waals surface area contributed by atoms with Gasteiger partial charge in [0, 0.05) is 12.6 Å². The highest BCUT2D eigenvalue weighted by Gasteiger charge is 2.22. The van der Waals surface area contributed by atoms with Crippen molar-refractivity contribution < 1.29 is 9.84 Å². The van der Waals surface area contributed by atoms with Crippen LogP contribution in [-0.2, 0) is 6.54 Å². The van der Waals surface area contributed by atoms with E-state index in [1.54, 1.807) is 0 Å². The Morgan fingerprint density at radius 3 is 2.50 bits per heavy atom. The minimum Gasteiger partial charge on any atom is -0.492 e. The second-order valence-corrected chi connectivity index (χ2v) is 6.87. The summed E-state index contributed by atoms with van der Waals surface area (Å²) < 4.78 is 7.49. The largest absolute Gasteiger partial charge is 0.492 e. The monoisotopic (exact) mass is 405 g/mol. The minimum absolute atomic E-state index is 0.210. The Kier molecular flexibility index (Phi) is 6.33. The molecule has 0 spiro atoms. The first-order valence-corrected chi connectivity index (χ1v) is 8.72. The van der Waals surface area contributed by atoms with Gasteiger partial charge in [0.2, 0.25) is 0 Å². The summed E-state index contributed by atoms with van der Waals surface area (Å²) in [5, 5.41) is 13.4. The highest BCUT2D eigenvalue weighted by atomic mass is 79.9. The lowest BCUT2D eigenvalue weighted by molar-refractivity contribution is 0.0902. The Labute approximate surface area is 137 Å². The first-order valence-electron chi connectivity index (χ1n) is 7.14. The number of halogens is 2. The molecule has 1 aromatic carbocycles. The second kappa shape index (κ2) is 7.78. The quantitative estimate of drug-likeness (QED) is 0.776. The summed E-state index contributed by atoms with van der Waals surface area (Å²) in [6.07, 6.45) is 4.10. The van der Waals surface area contributed by atoms with Crippen molar-refractivity contribution in [1.29, 1.82) is 0 Å². The smallest absolute Gasteiger partial charge is 0.147 e. The van der Waals surface area contributed by atoms with Crippen molar-refractivity contribution >= 4 is 31.9 Å². The lowest BCUT2D eigenvalue weighted by Crippen LogP contribution is -2.41. The molecular weight excluding hydrogens is 386 g/mol. The lowest BCUT2D eigenvalue weighted by Gasteiger charge is -2.28. The molecular formula is C15H21Br2NO2. The number of rotatable bonds is 5. The fraction of sp³-hybridized carbons (Fsp3) is 0.600. The van der Waals surface area contributed by atoms with Gasteiger partial charge in [-0.15, -0.1) is 0 Å². The van der Waals surface area contributed by atoms with Crippen LogP contribution in [0.5, 0.6) is 5.75 Å². The molecule has 0 radical (unpaired) electrons. The van der Waals surface area contributed by atoms with Crippen LogP contribution < -0.4 is 10.1 Å². The molecule has 0 bridgehead atoms. The van der Waals surface area contributed by atoms with Gasteiger partial charge in [-0.2, -0.15) is 0 Å². The summed E-state index contributed by atoms with van der Waals surface area (Å²) in [5.74, 6) is 0.842. The summed E-state index contributed by atoms with van der Waals surface area (Å²) in [5.41, 5.74) is 1.17. The average molecular weight is 407 g/mol. The number of aliphatic hydroxyl groups is 1. The molecule has 1 aromatic rings. The van der Waals surface area contributed by atoms with Crippen molar-refractivity contribution in [2.45, 2.75) is 51.3 Å². The normalized spacial score (nSPS) is 22.8. The molecule has 2 rings (SSSR count). The number of ether oxygens (including phenoxy) is 1. The van der Waals surface area contributed by atoms with Crippen LogP contribution in [0.15, 0.2) is 21.1 Å². The van der Waals surface area contributed by atoms with Gasteiger partial charge in [0.25, 0.3) is 0 Å². The number of benzene rings is 1. The zero-order valence-corrected chi connectivity index (χ0v) is 14.8. The van der Waals surface area contributed by atoms with E-state index in [0.717, 1.165) is 40.5 Å². The fourth-order valence-corrected chi connectivity index (χ4v) is 4.11. The summed E-state index contributed by atoms with van der Waals surface area (Å²) in [6.45, 7) is 3.37. The van der Waals surface area contributed by atoms with Crippen LogP contribution in [0.2, 0.25) is 0 Å². The minimum atomic E-state index is -0.210. The van der Waals surface area contributed by atoms with E-state index in [9.17, 15) is 5.11 Å². The Balaban J connectivity index is 1.99. The summed E-state index contributed by atoms with van der Waals surface area (Å²) in [6, 6.07) is 4.35. The van der Waals surface area contributed by atoms with Crippen LogP contribution >= 0.6 is 31.9 Å². The van der Waals surface area contributed by atoms with Gasteiger partial charge in [-0.3, -0.25) is 0 Å². The Morgan fingerprint density at radius 2 is 1.90 bits per heavy atom. The average Bonchev–Trinajstić information content (AvgIpc) is 2.42. The molecule has 3 nitrogen and oxygen atoms in total. The molecule has 0 heterocycles. The molecule has 5 heteroatoms. The summed E-state index contributed by atoms with van der Waals surface area (Å²) in [4.78, 5) is 0. The van der Waals surface area contributed by atoms with Crippen LogP contribution in [0, 0.1) is 0 Å². The highest BCUT2D eigenvalue weighted by Crippen LogP contribution is 2.34. The molecule has 112 valence electrons. The zero-order valence-electron chi connectivity index (χ0n) is 11.7. The van der Waals surface area contributed by atoms with Crippen molar-refractivity contribution in [2.24, 2.45) is 0 Å². The number of hydrogen-bond donors (Lipinski definition) is 2. The van der Waals surface area contributed by atoms with E-state index in [0.29, 0.717) is 6.61 Å². The molecule has 1 saturated carbocycles. The topological polar surface area (TPSA) is 41.5 Å². The SMILES string of the molecule is CCOc1c(Br)cc(CNC2CCCCC2O)cc1Br. The van der Waals surface area contributed by atoms with Gasteiger partial charge in [0.05, 0.1) is 21.7 Å². The van der Waals surface area contributed by atoms with Crippen LogP contribution in [0.25, 0.3) is 0 Å². The third-order valence-corrected chi connectivity index (χ3v) is 4.82. The van der Waals surface area contributed by atoms with Gasteiger partial charge < -0.3 is 15.2 Å². The van der Waals surface area contributed by atoms with Crippen molar-refractivity contribution in [1.82, 2.24) is 5.32 Å². The van der Waals surface area contributed by atoms with Gasteiger partial charge in [-0.1, -0.05) is 12.8 Å². The van der Waals surface area contributed by atoms with E-state index in [1.165, 1.54) is 12.0 Å². The molecule has 0 saturated heterocycles. The number of aliphatic hydroxyl groups excluding tert-OH is 1. The second-order valence-electron chi connectivity index (χ2n) is 5.16. The van der Waals surface area contributed by atoms with Gasteiger partial charge in [0.15, 0.2) is 0 Å². The molecule has 1 aliphatic carbocycles. The standard InChI is InChI=1S/C15H21Br2NO2/c1-2-20-15-11(16)7-10(8-12(15)17)9-18-13-5-3-4-6-14(13)19/h7-8,13-14,18-19H,2-6,9H2,1H3. The molecule has 1 fully saturated rings. The van der Waals surface area contributed by atoms with Gasteiger partial charge in [-0.05, 0) is 69.3 Å². The van der Waals surface area contributed by atoms with E-state index in [4.69, 9.17) is 4.74 Å². The maximum atomic E-state index is 9.97. The van der Waals surface area contributed by atoms with Crippen molar-refractivity contribution in [3.63, 3.8) is 0 Å². The van der Waals surface area contributed by atoms with Crippen molar-refractivity contribution in [3.8, 4) is 5.75 Å². The van der Waals surface area contributed by atoms with Crippen molar-refractivity contribution in [3.05, 3.63) is 26.6 Å². The third kappa shape index (κ3) is 4.20. The predicted molar refractivity (Wildman–Crippen MR) is 88.1 cm³/mol. The first-order chi connectivity index (χ1) is 9.61. The maximum absolute atomic E-state index is 9.97. The van der Waals surface area contributed by atoms with E-state index in [1.807, 2.05) is 6.92 Å². The number of nitrogens with one attached hydrogen (secondary N) is 1. The molecule has 1 aliphatic rings. The molecule has 2 unspecified atom stereocenters. The van der Waals surface area contributed by atoms with Crippen LogP contribution in [0.1, 0.15) is 38.2 Å². The first kappa shape index (κ1) is 16.3. The highest BCUT2D eigenvalue weighted by molar-refractivity contribution is 9.11. The van der Waals surface area contributed by atoms with E-state index in [-0.39, 0.29) is 12.1 Å². The molecule has 0 aromatic heterocycles. The molecule has 2 N–H and O–H groups in total. The Hall–Kier alpha value is -0.100. The Morgan fingerprint density at radius 1 is 1.25 bits per heavy atom. The van der Waals surface area contributed by atoms with Gasteiger partial charge >= 0.3 is 0 Å². The van der Waals surface area contributed by atoms with E-state index >= 15 is 0 Å². The van der Waals surface area contributed by atoms with Gasteiger partial charge in [-0.25, -0.2) is 0 Å². The molecule has 2 atom stereocenters. The summed E-state index contributed by atoms with van der Waals surface area (Å²) >= 11 is 7.09. The maximum Gasteiger partial charge on any atom is 0.147 e. The Bertz CT molecular complexity index is 430. The zero-order chi connectivity index (χ0) is 14.5. The van der Waals surface area contributed by atoms with Crippen molar-refractivity contribution in [2.75, 3.05) is 6.61 Å². The predicted octanol–water partition coefficient (Wildman–Crippen LogP) is 4.00. The fourth-order valence-electron chi connectivity index (χ4n) is 2.60. The third-order valence-electron chi connectivity index (χ3n) is 3.64. The van der Waals surface area contributed by atoms with Crippen LogP contribution in [0.3, 0.4) is 0 Å². The van der Waals surface area contributed by atoms with E-state index < -0.39 is 0 Å². The number of hydrogen-bond acceptors (Lipinski definition) is 3. The van der Waals surface area contributed by atoms with Gasteiger partial charge in [0.1, 0.15) is 5.75 Å². The molecule has 0 aliphatic heterocycles. The van der Waals surface area contributed by atoms with Crippen LogP contribution in [-0.4, -0.2) is 23.9 Å². The lowest BCUT2D eigenvalue weighted by atomic mass is 9.92. The van der Waals surface area contributed by atoms with Crippen LogP contribution in [0.4, 0.5) is 0 Å². The summed E-state index contributed by atoms with van der Waals surface area (Å²) in [7, 11) is 0. The molecule has 20 heavy (non-hydrogen) atoms. The molecule has 0 amide bonds. The van der Waals surface area contributed by atoms with E-state index in [2.05, 4.69) is 49.3 Å².